The number of nitrogens with one attached hydrogen (secondary N) is 1. The van der Waals surface area contributed by atoms with Crippen LogP contribution in [0.3, 0.4) is 0 Å². The van der Waals surface area contributed by atoms with Crippen molar-refractivity contribution in [2.75, 3.05) is 6.54 Å². The molecule has 0 saturated carbocycles. The highest BCUT2D eigenvalue weighted by Crippen LogP contribution is 2.27. The average molecular weight is 237 g/mol. The molecule has 2 heteroatoms. The van der Waals surface area contributed by atoms with E-state index in [1.807, 2.05) is 13.8 Å². The quantitative estimate of drug-likeness (QED) is 0.481. The summed E-state index contributed by atoms with van der Waals surface area (Å²) < 4.78 is -0.112. The minimum atomic E-state index is -0.112. The predicted molar refractivity (Wildman–Crippen MR) is 75.9 cm³/mol. The normalized spacial score (nSPS) is 36.8. The van der Waals surface area contributed by atoms with Crippen molar-refractivity contribution in [3.63, 3.8) is 0 Å². The van der Waals surface area contributed by atoms with Crippen LogP contribution in [-0.2, 0) is 0 Å². The Morgan fingerprint density at radius 2 is 2.12 bits per heavy atom. The Kier molecular flexibility index (Phi) is 5.20. The molecule has 0 radical (unpaired) electrons. The lowest BCUT2D eigenvalue weighted by Gasteiger charge is -2.25. The summed E-state index contributed by atoms with van der Waals surface area (Å²) in [6.07, 6.45) is 12.4. The molecule has 0 amide bonds. The Hall–Kier alpha value is -0.630. The number of thiol groups is 1. The summed E-state index contributed by atoms with van der Waals surface area (Å²) in [7, 11) is 0. The zero-order valence-electron chi connectivity index (χ0n) is 10.6. The Morgan fingerprint density at radius 1 is 1.38 bits per heavy atom. The van der Waals surface area contributed by atoms with Crippen LogP contribution >= 0.6 is 12.6 Å². The maximum Gasteiger partial charge on any atom is 0.0483 e. The van der Waals surface area contributed by atoms with Crippen LogP contribution in [0.1, 0.15) is 40.0 Å². The van der Waals surface area contributed by atoms with Crippen LogP contribution in [0.2, 0.25) is 0 Å². The lowest BCUT2D eigenvalue weighted by Crippen LogP contribution is -2.25. The molecule has 1 nitrogen and oxygen atoms in total. The Labute approximate surface area is 105 Å². The van der Waals surface area contributed by atoms with Gasteiger partial charge in [-0.1, -0.05) is 32.1 Å². The van der Waals surface area contributed by atoms with E-state index in [9.17, 15) is 0 Å². The molecular weight excluding hydrogens is 214 g/mol. The highest BCUT2D eigenvalue weighted by molar-refractivity contribution is 7.82. The molecule has 1 aliphatic carbocycles. The summed E-state index contributed by atoms with van der Waals surface area (Å²) in [6.45, 7) is 7.22. The number of allylic oxidation sites excluding steroid dienone is 3. The van der Waals surface area contributed by atoms with Crippen molar-refractivity contribution in [2.24, 2.45) is 0 Å². The zero-order valence-corrected chi connectivity index (χ0v) is 11.5. The molecule has 1 fully saturated rings. The van der Waals surface area contributed by atoms with Gasteiger partial charge in [0.05, 0.1) is 0 Å². The SMILES string of the molecule is CC.CC1(S)/C=C\C/C=C2/CCCN/C2=C/1. The first-order valence-electron chi connectivity index (χ1n) is 6.24. The van der Waals surface area contributed by atoms with Gasteiger partial charge in [-0.15, -0.1) is 0 Å². The monoisotopic (exact) mass is 237 g/mol. The van der Waals surface area contributed by atoms with Crippen LogP contribution in [0.25, 0.3) is 0 Å². The molecule has 0 aromatic rings. The Balaban J connectivity index is 0.000000606. The van der Waals surface area contributed by atoms with Gasteiger partial charge in [0.1, 0.15) is 0 Å². The van der Waals surface area contributed by atoms with Crippen molar-refractivity contribution in [2.45, 2.75) is 44.8 Å². The maximum absolute atomic E-state index is 4.62. The van der Waals surface area contributed by atoms with E-state index in [4.69, 9.17) is 0 Å². The van der Waals surface area contributed by atoms with Gasteiger partial charge in [0, 0.05) is 17.0 Å². The number of rotatable bonds is 0. The van der Waals surface area contributed by atoms with Gasteiger partial charge in [-0.25, -0.2) is 0 Å². The first kappa shape index (κ1) is 13.4. The molecule has 2 aliphatic rings. The predicted octanol–water partition coefficient (Wildman–Crippen LogP) is 3.85. The second kappa shape index (κ2) is 6.19. The second-order valence-electron chi connectivity index (χ2n) is 4.18. The van der Waals surface area contributed by atoms with Crippen molar-refractivity contribution >= 4 is 12.6 Å². The third-order valence-corrected chi connectivity index (χ3v) is 2.95. The van der Waals surface area contributed by atoms with Crippen molar-refractivity contribution in [1.82, 2.24) is 5.32 Å². The Bertz CT molecular complexity index is 311. The number of hydrogen-bond acceptors (Lipinski definition) is 2. The van der Waals surface area contributed by atoms with Gasteiger partial charge in [-0.05, 0) is 37.8 Å². The fourth-order valence-electron chi connectivity index (χ4n) is 1.96. The van der Waals surface area contributed by atoms with Crippen LogP contribution < -0.4 is 5.32 Å². The molecule has 16 heavy (non-hydrogen) atoms. The largest absolute Gasteiger partial charge is 0.385 e. The maximum atomic E-state index is 4.62. The van der Waals surface area contributed by atoms with Gasteiger partial charge in [-0.2, -0.15) is 12.6 Å². The molecule has 1 heterocycles. The van der Waals surface area contributed by atoms with E-state index in [-0.39, 0.29) is 4.75 Å². The molecule has 2 rings (SSSR count). The smallest absolute Gasteiger partial charge is 0.0483 e. The molecule has 1 unspecified atom stereocenters. The van der Waals surface area contributed by atoms with Crippen LogP contribution in [-0.4, -0.2) is 11.3 Å². The fraction of sp³-hybridized carbons (Fsp3) is 0.571. The summed E-state index contributed by atoms with van der Waals surface area (Å²) in [5.74, 6) is 0. The summed E-state index contributed by atoms with van der Waals surface area (Å²) in [5.41, 5.74) is 2.75. The van der Waals surface area contributed by atoms with Crippen molar-refractivity contribution in [1.29, 1.82) is 0 Å². The number of piperidine rings is 1. The van der Waals surface area contributed by atoms with E-state index in [0.717, 1.165) is 13.0 Å². The lowest BCUT2D eigenvalue weighted by molar-refractivity contribution is 0.660. The van der Waals surface area contributed by atoms with E-state index < -0.39 is 0 Å². The lowest BCUT2D eigenvalue weighted by atomic mass is 9.95. The molecule has 1 aliphatic heterocycles. The summed E-state index contributed by atoms with van der Waals surface area (Å²) in [4.78, 5) is 0. The standard InChI is InChI=1S/C12H17NS.C2H6/c1-12(14)7-3-2-5-10-6-4-8-13-11(10)9-12;1-2/h3,5,7,9,13-14H,2,4,6,8H2,1H3;1-2H3/b7-3-,10-5-,11-9+;. The third kappa shape index (κ3) is 3.75. The average Bonchev–Trinajstić information content (AvgIpc) is 2.26. The van der Waals surface area contributed by atoms with Gasteiger partial charge in [0.15, 0.2) is 0 Å². The van der Waals surface area contributed by atoms with Crippen LogP contribution in [0.5, 0.6) is 0 Å². The van der Waals surface area contributed by atoms with E-state index >= 15 is 0 Å². The summed E-state index contributed by atoms with van der Waals surface area (Å²) in [5, 5.41) is 3.45. The summed E-state index contributed by atoms with van der Waals surface area (Å²) in [6, 6.07) is 0. The zero-order chi connectivity index (χ0) is 12.0. The molecule has 0 aromatic carbocycles. The van der Waals surface area contributed by atoms with Gasteiger partial charge in [-0.3, -0.25) is 0 Å². The van der Waals surface area contributed by atoms with E-state index in [0.29, 0.717) is 0 Å². The molecule has 1 N–H and O–H groups in total. The molecular formula is C14H23NS. The molecule has 1 saturated heterocycles. The Morgan fingerprint density at radius 3 is 2.88 bits per heavy atom. The van der Waals surface area contributed by atoms with Crippen LogP contribution in [0, 0.1) is 0 Å². The molecule has 0 spiro atoms. The summed E-state index contributed by atoms with van der Waals surface area (Å²) >= 11 is 4.62. The number of hydrogen-bond donors (Lipinski definition) is 2. The van der Waals surface area contributed by atoms with E-state index in [1.165, 1.54) is 24.1 Å². The topological polar surface area (TPSA) is 12.0 Å². The molecule has 0 aromatic heterocycles. The second-order valence-corrected chi connectivity index (χ2v) is 5.15. The van der Waals surface area contributed by atoms with E-state index in [1.54, 1.807) is 0 Å². The van der Waals surface area contributed by atoms with Crippen molar-refractivity contribution in [3.8, 4) is 0 Å². The van der Waals surface area contributed by atoms with E-state index in [2.05, 4.69) is 49.2 Å². The van der Waals surface area contributed by atoms with Crippen molar-refractivity contribution < 1.29 is 0 Å². The minimum Gasteiger partial charge on any atom is -0.385 e. The van der Waals surface area contributed by atoms with Gasteiger partial charge in [0.2, 0.25) is 0 Å². The van der Waals surface area contributed by atoms with Gasteiger partial charge >= 0.3 is 0 Å². The highest BCUT2D eigenvalue weighted by atomic mass is 32.1. The van der Waals surface area contributed by atoms with Gasteiger partial charge < -0.3 is 5.32 Å². The van der Waals surface area contributed by atoms with Crippen molar-refractivity contribution in [3.05, 3.63) is 35.6 Å². The van der Waals surface area contributed by atoms with Crippen LogP contribution in [0.15, 0.2) is 35.6 Å². The molecule has 0 bridgehead atoms. The highest BCUT2D eigenvalue weighted by Gasteiger charge is 2.18. The number of fused-ring (bicyclic) bond motifs is 1. The van der Waals surface area contributed by atoms with Gasteiger partial charge in [0.25, 0.3) is 0 Å². The molecule has 1 atom stereocenters. The fourth-order valence-corrected chi connectivity index (χ4v) is 2.20. The molecule has 90 valence electrons. The van der Waals surface area contributed by atoms with Crippen LogP contribution in [0.4, 0.5) is 0 Å². The first-order valence-corrected chi connectivity index (χ1v) is 6.68. The first-order chi connectivity index (χ1) is 7.67. The minimum absolute atomic E-state index is 0.112. The third-order valence-electron chi connectivity index (χ3n) is 2.68.